The van der Waals surface area contributed by atoms with Crippen LogP contribution in [0.5, 0.6) is 0 Å². The molecule has 2 saturated heterocycles. The number of amides is 3. The van der Waals surface area contributed by atoms with Crippen LogP contribution >= 0.6 is 28.7 Å². The predicted octanol–water partition coefficient (Wildman–Crippen LogP) is 0.775. The lowest BCUT2D eigenvalue weighted by atomic mass is 10.0. The van der Waals surface area contributed by atoms with Gasteiger partial charge in [-0.3, -0.25) is 4.79 Å². The number of urea groups is 1. The van der Waals surface area contributed by atoms with Crippen molar-refractivity contribution in [3.05, 3.63) is 0 Å². The Labute approximate surface area is 115 Å². The highest BCUT2D eigenvalue weighted by Gasteiger charge is 2.42. The number of unbranched alkanes of at least 4 members (excludes halogenated alkanes) is 1. The Morgan fingerprint density at radius 1 is 1.41 bits per heavy atom. The molecule has 98 valence electrons. The summed E-state index contributed by atoms with van der Waals surface area (Å²) in [4.78, 5) is 21.7. The molecule has 3 amide bonds. The lowest BCUT2D eigenvalue weighted by molar-refractivity contribution is -0.118. The number of carbonyl (C=O) groups excluding carboxylic acids is 2. The fraction of sp³-hybridized carbons (Fsp3) is 0.800. The van der Waals surface area contributed by atoms with E-state index in [2.05, 4.69) is 10.6 Å². The number of halogens is 1. The molecule has 0 aliphatic carbocycles. The Bertz CT molecular complexity index is 303. The summed E-state index contributed by atoms with van der Waals surface area (Å²) in [6, 6.07) is 0.516. The quantitative estimate of drug-likeness (QED) is 0.516. The van der Waals surface area contributed by atoms with Gasteiger partial charge in [-0.05, 0) is 12.8 Å². The van der Waals surface area contributed by atoms with Gasteiger partial charge in [-0.25, -0.2) is 4.79 Å². The Kier molecular flexibility index (Phi) is 5.58. The van der Waals surface area contributed by atoms with Gasteiger partial charge in [-0.1, -0.05) is 6.42 Å². The smallest absolute Gasteiger partial charge is 0.315 e. The van der Waals surface area contributed by atoms with Crippen molar-refractivity contribution < 1.29 is 9.59 Å². The molecule has 5 nitrogen and oxygen atoms in total. The van der Waals surface area contributed by atoms with Crippen LogP contribution in [0, 0.1) is 0 Å². The predicted molar refractivity (Wildman–Crippen MR) is 73.5 cm³/mol. The van der Waals surface area contributed by atoms with Gasteiger partial charge in [0.2, 0.25) is 5.91 Å². The Morgan fingerprint density at radius 2 is 2.18 bits per heavy atom. The first-order valence-electron chi connectivity index (χ1n) is 5.64. The summed E-state index contributed by atoms with van der Waals surface area (Å²) < 4.78 is 0. The summed E-state index contributed by atoms with van der Waals surface area (Å²) in [5.74, 6) is 0.761. The lowest BCUT2D eigenvalue weighted by Crippen LogP contribution is -2.36. The van der Waals surface area contributed by atoms with Crippen molar-refractivity contribution in [2.75, 3.05) is 5.75 Å². The molecule has 2 aliphatic rings. The van der Waals surface area contributed by atoms with Gasteiger partial charge in [-0.2, -0.15) is 11.8 Å². The first kappa shape index (κ1) is 14.6. The maximum absolute atomic E-state index is 11.1. The number of fused-ring (bicyclic) bond motifs is 1. The normalized spacial score (nSPS) is 30.1. The summed E-state index contributed by atoms with van der Waals surface area (Å²) in [6.45, 7) is 0. The number of thioether (sulfide) groups is 1. The highest BCUT2D eigenvalue weighted by molar-refractivity contribution is 8.93. The molecular weight excluding hydrogens is 306 g/mol. The van der Waals surface area contributed by atoms with Crippen molar-refractivity contribution in [2.24, 2.45) is 5.73 Å². The standard InChI is InChI=1S/C10H17N3O2S.BrH/c11-8(14)4-2-1-3-7-9-6(5-16-7)12-10(15)13-9;/h6-7,9H,1-5H2,(H2,11,14)(H2,12,13,15);1H/t6-,7-,9-;/m0./s1. The molecule has 0 saturated carbocycles. The van der Waals surface area contributed by atoms with E-state index in [0.29, 0.717) is 17.7 Å². The van der Waals surface area contributed by atoms with Crippen molar-refractivity contribution >= 4 is 40.7 Å². The highest BCUT2D eigenvalue weighted by atomic mass is 79.9. The van der Waals surface area contributed by atoms with Crippen molar-refractivity contribution in [1.29, 1.82) is 0 Å². The molecule has 7 heteroatoms. The van der Waals surface area contributed by atoms with Crippen LogP contribution in [-0.4, -0.2) is 35.0 Å². The minimum atomic E-state index is -0.229. The molecule has 2 heterocycles. The molecule has 0 unspecified atom stereocenters. The Morgan fingerprint density at radius 3 is 2.88 bits per heavy atom. The van der Waals surface area contributed by atoms with Gasteiger partial charge < -0.3 is 16.4 Å². The maximum Gasteiger partial charge on any atom is 0.315 e. The molecule has 0 spiro atoms. The number of primary amides is 1. The zero-order valence-corrected chi connectivity index (χ0v) is 12.0. The van der Waals surface area contributed by atoms with E-state index in [0.717, 1.165) is 25.0 Å². The first-order valence-corrected chi connectivity index (χ1v) is 6.68. The van der Waals surface area contributed by atoms with Crippen molar-refractivity contribution in [2.45, 2.75) is 43.0 Å². The minimum absolute atomic E-state index is 0. The lowest BCUT2D eigenvalue weighted by Gasteiger charge is -2.16. The number of nitrogens with one attached hydrogen (secondary N) is 2. The Hall–Kier alpha value is -0.430. The van der Waals surface area contributed by atoms with Crippen LogP contribution in [0.3, 0.4) is 0 Å². The second kappa shape index (κ2) is 6.49. The van der Waals surface area contributed by atoms with E-state index < -0.39 is 0 Å². The largest absolute Gasteiger partial charge is 0.370 e. The van der Waals surface area contributed by atoms with Crippen molar-refractivity contribution in [3.8, 4) is 0 Å². The molecule has 0 aromatic carbocycles. The maximum atomic E-state index is 11.1. The number of hydrogen-bond donors (Lipinski definition) is 3. The molecule has 2 fully saturated rings. The summed E-state index contributed by atoms with van der Waals surface area (Å²) in [5.41, 5.74) is 5.08. The third-order valence-corrected chi connectivity index (χ3v) is 4.61. The van der Waals surface area contributed by atoms with Crippen LogP contribution in [0.15, 0.2) is 0 Å². The summed E-state index contributed by atoms with van der Waals surface area (Å²) in [7, 11) is 0. The second-order valence-electron chi connectivity index (χ2n) is 4.33. The van der Waals surface area contributed by atoms with Gasteiger partial charge in [0.05, 0.1) is 12.1 Å². The molecule has 17 heavy (non-hydrogen) atoms. The summed E-state index contributed by atoms with van der Waals surface area (Å²) >= 11 is 1.90. The second-order valence-corrected chi connectivity index (χ2v) is 5.61. The van der Waals surface area contributed by atoms with E-state index in [1.165, 1.54) is 0 Å². The topological polar surface area (TPSA) is 84.2 Å². The zero-order chi connectivity index (χ0) is 11.5. The third kappa shape index (κ3) is 3.77. The number of hydrogen-bond acceptors (Lipinski definition) is 3. The molecule has 0 radical (unpaired) electrons. The van der Waals surface area contributed by atoms with Gasteiger partial charge in [-0.15, -0.1) is 17.0 Å². The highest BCUT2D eigenvalue weighted by Crippen LogP contribution is 2.33. The average molecular weight is 324 g/mol. The molecule has 0 aromatic heterocycles. The SMILES string of the molecule is Br.NC(=O)CCCC[C@@H]1SC[C@@H]2NC(=O)N[C@@H]21. The van der Waals surface area contributed by atoms with Gasteiger partial charge in [0, 0.05) is 17.4 Å². The van der Waals surface area contributed by atoms with E-state index in [1.807, 2.05) is 11.8 Å². The number of carbonyl (C=O) groups is 2. The summed E-state index contributed by atoms with van der Waals surface area (Å²) in [6.07, 6.45) is 3.36. The molecule has 2 rings (SSSR count). The molecule has 2 aliphatic heterocycles. The minimum Gasteiger partial charge on any atom is -0.370 e. The number of rotatable bonds is 5. The van der Waals surface area contributed by atoms with Crippen molar-refractivity contribution in [3.63, 3.8) is 0 Å². The van der Waals surface area contributed by atoms with E-state index in [1.54, 1.807) is 0 Å². The van der Waals surface area contributed by atoms with Gasteiger partial charge in [0.1, 0.15) is 0 Å². The van der Waals surface area contributed by atoms with Crippen LogP contribution in [0.4, 0.5) is 4.79 Å². The molecule has 3 atom stereocenters. The van der Waals surface area contributed by atoms with E-state index in [-0.39, 0.29) is 35.0 Å². The fourth-order valence-electron chi connectivity index (χ4n) is 2.29. The molecule has 4 N–H and O–H groups in total. The van der Waals surface area contributed by atoms with Crippen LogP contribution < -0.4 is 16.4 Å². The van der Waals surface area contributed by atoms with Crippen molar-refractivity contribution in [1.82, 2.24) is 10.6 Å². The third-order valence-electron chi connectivity index (χ3n) is 3.10. The monoisotopic (exact) mass is 323 g/mol. The molecular formula is C10H18BrN3O2S. The van der Waals surface area contributed by atoms with E-state index >= 15 is 0 Å². The average Bonchev–Trinajstić information content (AvgIpc) is 2.72. The molecule has 0 bridgehead atoms. The van der Waals surface area contributed by atoms with E-state index in [4.69, 9.17) is 5.73 Å². The van der Waals surface area contributed by atoms with Gasteiger partial charge in [0.15, 0.2) is 0 Å². The summed E-state index contributed by atoms with van der Waals surface area (Å²) in [5, 5.41) is 6.35. The van der Waals surface area contributed by atoms with Crippen LogP contribution in [-0.2, 0) is 4.79 Å². The van der Waals surface area contributed by atoms with Gasteiger partial charge in [0.25, 0.3) is 0 Å². The fourth-order valence-corrected chi connectivity index (χ4v) is 3.83. The van der Waals surface area contributed by atoms with Crippen LogP contribution in [0.25, 0.3) is 0 Å². The van der Waals surface area contributed by atoms with Crippen LogP contribution in [0.2, 0.25) is 0 Å². The molecule has 0 aromatic rings. The van der Waals surface area contributed by atoms with Gasteiger partial charge >= 0.3 is 6.03 Å². The van der Waals surface area contributed by atoms with E-state index in [9.17, 15) is 9.59 Å². The first-order chi connectivity index (χ1) is 7.66. The zero-order valence-electron chi connectivity index (χ0n) is 9.48. The number of nitrogens with two attached hydrogens (primary N) is 1. The van der Waals surface area contributed by atoms with Crippen LogP contribution in [0.1, 0.15) is 25.7 Å². The Balaban J connectivity index is 0.00000144.